The molecule has 0 unspecified atom stereocenters. The predicted molar refractivity (Wildman–Crippen MR) is 83.9 cm³/mol. The van der Waals surface area contributed by atoms with E-state index in [-0.39, 0.29) is 18.0 Å². The van der Waals surface area contributed by atoms with E-state index in [2.05, 4.69) is 10.3 Å². The molecule has 2 aromatic rings. The number of non-ortho nitro benzene ring substituents is 1. The smallest absolute Gasteiger partial charge is 0.270 e. The topological polar surface area (TPSA) is 94.4 Å². The zero-order valence-electron chi connectivity index (χ0n) is 11.9. The van der Waals surface area contributed by atoms with E-state index < -0.39 is 4.92 Å². The van der Waals surface area contributed by atoms with Gasteiger partial charge in [-0.1, -0.05) is 12.1 Å². The number of nitrogens with one attached hydrogen (secondary N) is 1. The number of nitro benzene ring substituents is 1. The van der Waals surface area contributed by atoms with Gasteiger partial charge in [-0.2, -0.15) is 0 Å². The number of hydrogen-bond donors (Lipinski definition) is 1. The van der Waals surface area contributed by atoms with Gasteiger partial charge in [0.05, 0.1) is 23.6 Å². The number of anilines is 1. The molecule has 1 amide bonds. The van der Waals surface area contributed by atoms with Gasteiger partial charge in [-0.3, -0.25) is 14.9 Å². The van der Waals surface area contributed by atoms with Crippen molar-refractivity contribution in [2.24, 2.45) is 0 Å². The normalized spacial score (nSPS) is 10.4. The number of nitrogens with zero attached hydrogens (tertiary/aromatic N) is 2. The third-order valence-corrected chi connectivity index (χ3v) is 3.54. The molecule has 0 aliphatic heterocycles. The Hall–Kier alpha value is -2.32. The van der Waals surface area contributed by atoms with Crippen LogP contribution in [0.25, 0.3) is 11.3 Å². The number of ether oxygens (including phenoxy) is 1. The molecule has 22 heavy (non-hydrogen) atoms. The molecule has 1 aromatic carbocycles. The van der Waals surface area contributed by atoms with Crippen LogP contribution in [0.2, 0.25) is 0 Å². The number of rotatable bonds is 7. The first kappa shape index (κ1) is 16.1. The minimum absolute atomic E-state index is 0.00722. The Balaban J connectivity index is 2.03. The molecule has 0 spiro atoms. The van der Waals surface area contributed by atoms with Crippen LogP contribution in [0, 0.1) is 10.1 Å². The highest BCUT2D eigenvalue weighted by Gasteiger charge is 2.11. The predicted octanol–water partition coefficient (Wildman–Crippen LogP) is 3.08. The van der Waals surface area contributed by atoms with Gasteiger partial charge in [-0.25, -0.2) is 4.98 Å². The molecule has 0 aliphatic rings. The van der Waals surface area contributed by atoms with Gasteiger partial charge in [0.1, 0.15) is 0 Å². The van der Waals surface area contributed by atoms with Crippen molar-refractivity contribution in [3.05, 3.63) is 39.8 Å². The molecule has 0 atom stereocenters. The van der Waals surface area contributed by atoms with Crippen molar-refractivity contribution in [2.75, 3.05) is 18.5 Å². The molecular weight excluding hydrogens is 306 g/mol. The van der Waals surface area contributed by atoms with Crippen LogP contribution in [-0.4, -0.2) is 29.0 Å². The third-order valence-electron chi connectivity index (χ3n) is 2.78. The van der Waals surface area contributed by atoms with Gasteiger partial charge < -0.3 is 10.1 Å². The van der Waals surface area contributed by atoms with E-state index in [9.17, 15) is 14.9 Å². The standard InChI is InChI=1S/C14H15N3O4S/c1-2-21-7-6-13(18)16-14-15-12(9-22-14)10-4-3-5-11(8-10)17(19)20/h3-5,8-9H,2,6-7H2,1H3,(H,15,16,18). The number of aromatic nitrogens is 1. The van der Waals surface area contributed by atoms with Crippen molar-refractivity contribution in [3.8, 4) is 11.3 Å². The van der Waals surface area contributed by atoms with Gasteiger partial charge in [0.25, 0.3) is 5.69 Å². The molecule has 0 saturated carbocycles. The van der Waals surface area contributed by atoms with Crippen molar-refractivity contribution in [2.45, 2.75) is 13.3 Å². The van der Waals surface area contributed by atoms with E-state index in [1.807, 2.05) is 6.92 Å². The zero-order chi connectivity index (χ0) is 15.9. The lowest BCUT2D eigenvalue weighted by atomic mass is 10.1. The maximum Gasteiger partial charge on any atom is 0.270 e. The highest BCUT2D eigenvalue weighted by molar-refractivity contribution is 7.14. The molecule has 0 saturated heterocycles. The average molecular weight is 321 g/mol. The molecule has 116 valence electrons. The second-order valence-electron chi connectivity index (χ2n) is 4.34. The van der Waals surface area contributed by atoms with Crippen molar-refractivity contribution >= 4 is 28.1 Å². The van der Waals surface area contributed by atoms with Crippen LogP contribution in [0.15, 0.2) is 29.6 Å². The van der Waals surface area contributed by atoms with E-state index in [0.717, 1.165) is 0 Å². The Kier molecular flexibility index (Phi) is 5.56. The Labute approximate surface area is 131 Å². The Morgan fingerprint density at radius 2 is 2.32 bits per heavy atom. The number of amides is 1. The fraction of sp³-hybridized carbons (Fsp3) is 0.286. The van der Waals surface area contributed by atoms with Crippen molar-refractivity contribution in [1.29, 1.82) is 0 Å². The zero-order valence-corrected chi connectivity index (χ0v) is 12.8. The van der Waals surface area contributed by atoms with Crippen LogP contribution in [0.1, 0.15) is 13.3 Å². The Morgan fingerprint density at radius 1 is 1.50 bits per heavy atom. The molecule has 8 heteroatoms. The summed E-state index contributed by atoms with van der Waals surface area (Å²) in [6.07, 6.45) is 0.263. The van der Waals surface area contributed by atoms with Gasteiger partial charge in [0.2, 0.25) is 5.91 Å². The van der Waals surface area contributed by atoms with E-state index in [0.29, 0.717) is 29.6 Å². The van der Waals surface area contributed by atoms with Crippen molar-refractivity contribution < 1.29 is 14.5 Å². The van der Waals surface area contributed by atoms with Crippen LogP contribution < -0.4 is 5.32 Å². The maximum atomic E-state index is 11.7. The fourth-order valence-corrected chi connectivity index (χ4v) is 2.47. The van der Waals surface area contributed by atoms with Gasteiger partial charge in [0.15, 0.2) is 5.13 Å². The molecule has 1 N–H and O–H groups in total. The number of carbonyl (C=O) groups is 1. The summed E-state index contributed by atoms with van der Waals surface area (Å²) >= 11 is 1.27. The largest absolute Gasteiger partial charge is 0.381 e. The molecule has 0 radical (unpaired) electrons. The van der Waals surface area contributed by atoms with E-state index in [1.165, 1.54) is 23.5 Å². The fourth-order valence-electron chi connectivity index (χ4n) is 1.73. The summed E-state index contributed by atoms with van der Waals surface area (Å²) in [6.45, 7) is 2.80. The summed E-state index contributed by atoms with van der Waals surface area (Å²) in [4.78, 5) is 26.3. The summed E-state index contributed by atoms with van der Waals surface area (Å²) < 4.78 is 5.11. The minimum Gasteiger partial charge on any atom is -0.381 e. The van der Waals surface area contributed by atoms with Crippen LogP contribution in [0.4, 0.5) is 10.8 Å². The maximum absolute atomic E-state index is 11.7. The molecule has 0 aliphatic carbocycles. The number of thiazole rings is 1. The van der Waals surface area contributed by atoms with Crippen molar-refractivity contribution in [1.82, 2.24) is 4.98 Å². The van der Waals surface area contributed by atoms with E-state index >= 15 is 0 Å². The molecule has 1 heterocycles. The second-order valence-corrected chi connectivity index (χ2v) is 5.20. The lowest BCUT2D eigenvalue weighted by Gasteiger charge is -2.01. The second kappa shape index (κ2) is 7.62. The van der Waals surface area contributed by atoms with Gasteiger partial charge >= 0.3 is 0 Å². The van der Waals surface area contributed by atoms with Gasteiger partial charge in [0, 0.05) is 29.7 Å². The lowest BCUT2D eigenvalue weighted by Crippen LogP contribution is -2.13. The molecule has 2 rings (SSSR count). The molecular formula is C14H15N3O4S. The Morgan fingerprint density at radius 3 is 3.05 bits per heavy atom. The van der Waals surface area contributed by atoms with E-state index in [4.69, 9.17) is 4.74 Å². The monoisotopic (exact) mass is 321 g/mol. The van der Waals surface area contributed by atoms with Crippen LogP contribution in [0.5, 0.6) is 0 Å². The highest BCUT2D eigenvalue weighted by Crippen LogP contribution is 2.27. The first-order valence-corrected chi connectivity index (χ1v) is 7.56. The van der Waals surface area contributed by atoms with Crippen LogP contribution in [0.3, 0.4) is 0 Å². The molecule has 0 fully saturated rings. The summed E-state index contributed by atoms with van der Waals surface area (Å²) in [6, 6.07) is 6.22. The third kappa shape index (κ3) is 4.34. The summed E-state index contributed by atoms with van der Waals surface area (Å²) in [5, 5.41) is 15.7. The SMILES string of the molecule is CCOCCC(=O)Nc1nc(-c2cccc([N+](=O)[O-])c2)cs1. The highest BCUT2D eigenvalue weighted by atomic mass is 32.1. The summed E-state index contributed by atoms with van der Waals surface area (Å²) in [5.74, 6) is -0.173. The molecule has 0 bridgehead atoms. The number of hydrogen-bond acceptors (Lipinski definition) is 6. The number of nitro groups is 1. The first-order valence-electron chi connectivity index (χ1n) is 6.68. The molecule has 1 aromatic heterocycles. The van der Waals surface area contributed by atoms with E-state index in [1.54, 1.807) is 17.5 Å². The minimum atomic E-state index is -0.452. The average Bonchev–Trinajstić information content (AvgIpc) is 2.96. The van der Waals surface area contributed by atoms with Gasteiger partial charge in [-0.15, -0.1) is 11.3 Å². The first-order chi connectivity index (χ1) is 10.6. The summed E-state index contributed by atoms with van der Waals surface area (Å²) in [7, 11) is 0. The summed E-state index contributed by atoms with van der Waals surface area (Å²) in [5.41, 5.74) is 1.24. The molecule has 7 nitrogen and oxygen atoms in total. The van der Waals surface area contributed by atoms with Crippen LogP contribution in [-0.2, 0) is 9.53 Å². The number of benzene rings is 1. The Bertz CT molecular complexity index is 672. The quantitative estimate of drug-likeness (QED) is 0.480. The number of carbonyl (C=O) groups excluding carboxylic acids is 1. The lowest BCUT2D eigenvalue weighted by molar-refractivity contribution is -0.384. The van der Waals surface area contributed by atoms with Gasteiger partial charge in [-0.05, 0) is 6.92 Å². The van der Waals surface area contributed by atoms with Crippen LogP contribution >= 0.6 is 11.3 Å². The van der Waals surface area contributed by atoms with Crippen molar-refractivity contribution in [3.63, 3.8) is 0 Å².